The summed E-state index contributed by atoms with van der Waals surface area (Å²) in [5, 5.41) is 3.20. The lowest BCUT2D eigenvalue weighted by Gasteiger charge is -2.17. The van der Waals surface area contributed by atoms with Crippen LogP contribution >= 0.6 is 0 Å². The van der Waals surface area contributed by atoms with E-state index in [1.807, 2.05) is 62.4 Å². The molecule has 0 bridgehead atoms. The van der Waals surface area contributed by atoms with E-state index in [0.717, 1.165) is 21.7 Å². The van der Waals surface area contributed by atoms with Gasteiger partial charge < -0.3 is 14.8 Å². The van der Waals surface area contributed by atoms with Gasteiger partial charge in [-0.1, -0.05) is 36.4 Å². The Kier molecular flexibility index (Phi) is 5.69. The molecule has 3 aromatic rings. The highest BCUT2D eigenvalue weighted by Gasteiger charge is 2.40. The second kappa shape index (κ2) is 8.59. The van der Waals surface area contributed by atoms with Gasteiger partial charge >= 0.3 is 0 Å². The van der Waals surface area contributed by atoms with Crippen molar-refractivity contribution in [2.24, 2.45) is 0 Å². The molecule has 2 amide bonds. The third-order valence-corrected chi connectivity index (χ3v) is 5.55. The maximum absolute atomic E-state index is 13.5. The first kappa shape index (κ1) is 21.2. The van der Waals surface area contributed by atoms with Gasteiger partial charge in [-0.15, -0.1) is 0 Å². The summed E-state index contributed by atoms with van der Waals surface area (Å²) in [6, 6.07) is 20.0. The summed E-state index contributed by atoms with van der Waals surface area (Å²) in [7, 11) is 3.04. The first-order valence-corrected chi connectivity index (χ1v) is 10.2. The van der Waals surface area contributed by atoms with Crippen molar-refractivity contribution < 1.29 is 19.1 Å². The van der Waals surface area contributed by atoms with Gasteiger partial charge in [0, 0.05) is 11.8 Å². The fourth-order valence-corrected chi connectivity index (χ4v) is 3.68. The van der Waals surface area contributed by atoms with Gasteiger partial charge in [0.15, 0.2) is 11.5 Å². The van der Waals surface area contributed by atoms with Gasteiger partial charge in [-0.25, -0.2) is 4.90 Å². The summed E-state index contributed by atoms with van der Waals surface area (Å²) in [5.41, 5.74) is 4.61. The molecule has 0 saturated heterocycles. The van der Waals surface area contributed by atoms with Crippen molar-refractivity contribution in [3.63, 3.8) is 0 Å². The lowest BCUT2D eigenvalue weighted by Crippen LogP contribution is -2.32. The number of nitrogens with zero attached hydrogens (tertiary/aromatic N) is 1. The summed E-state index contributed by atoms with van der Waals surface area (Å²) in [6.45, 7) is 4.03. The Morgan fingerprint density at radius 1 is 0.750 bits per heavy atom. The van der Waals surface area contributed by atoms with Crippen LogP contribution in [0.3, 0.4) is 0 Å². The van der Waals surface area contributed by atoms with E-state index in [4.69, 9.17) is 9.47 Å². The van der Waals surface area contributed by atoms with E-state index < -0.39 is 11.8 Å². The van der Waals surface area contributed by atoms with Crippen LogP contribution in [0.2, 0.25) is 0 Å². The normalized spacial score (nSPS) is 13.6. The van der Waals surface area contributed by atoms with Crippen LogP contribution in [0.1, 0.15) is 16.7 Å². The highest BCUT2D eigenvalue weighted by Crippen LogP contribution is 2.37. The van der Waals surface area contributed by atoms with Crippen molar-refractivity contribution in [3.05, 3.63) is 89.1 Å². The zero-order valence-corrected chi connectivity index (χ0v) is 18.4. The number of hydrogen-bond donors (Lipinski definition) is 1. The molecule has 0 saturated carbocycles. The molecule has 3 aromatic carbocycles. The van der Waals surface area contributed by atoms with E-state index in [1.165, 1.54) is 14.2 Å². The minimum absolute atomic E-state index is 0.235. The third-order valence-electron chi connectivity index (χ3n) is 5.55. The van der Waals surface area contributed by atoms with E-state index in [2.05, 4.69) is 5.32 Å². The highest BCUT2D eigenvalue weighted by molar-refractivity contribution is 6.46. The molecule has 1 aliphatic rings. The Hall–Kier alpha value is -4.06. The molecular weight excluding hydrogens is 404 g/mol. The third kappa shape index (κ3) is 3.71. The van der Waals surface area contributed by atoms with E-state index in [-0.39, 0.29) is 5.70 Å². The molecule has 1 N–H and O–H groups in total. The minimum Gasteiger partial charge on any atom is -0.493 e. The number of carbonyl (C=O) groups excluding carboxylic acids is 2. The van der Waals surface area contributed by atoms with Gasteiger partial charge in [0.25, 0.3) is 11.8 Å². The van der Waals surface area contributed by atoms with E-state index in [1.54, 1.807) is 18.2 Å². The molecule has 0 aromatic heterocycles. The second-order valence-corrected chi connectivity index (χ2v) is 7.53. The number of nitrogens with one attached hydrogen (secondary N) is 1. The molecule has 6 heteroatoms. The number of carbonyl (C=O) groups is 2. The summed E-state index contributed by atoms with van der Waals surface area (Å²) in [6.07, 6.45) is 0. The number of anilines is 2. The Morgan fingerprint density at radius 3 is 2.12 bits per heavy atom. The van der Waals surface area contributed by atoms with Gasteiger partial charge in [0.05, 0.1) is 25.5 Å². The Labute approximate surface area is 187 Å². The molecule has 0 fully saturated rings. The van der Waals surface area contributed by atoms with Gasteiger partial charge in [-0.2, -0.15) is 0 Å². The van der Waals surface area contributed by atoms with Crippen LogP contribution in [0.4, 0.5) is 11.4 Å². The van der Waals surface area contributed by atoms with Gasteiger partial charge in [0.2, 0.25) is 0 Å². The predicted octanol–water partition coefficient (Wildman–Crippen LogP) is 4.72. The first-order valence-electron chi connectivity index (χ1n) is 10.2. The molecule has 1 heterocycles. The first-order chi connectivity index (χ1) is 15.4. The lowest BCUT2D eigenvalue weighted by molar-refractivity contribution is -0.120. The average molecular weight is 428 g/mol. The second-order valence-electron chi connectivity index (χ2n) is 7.53. The fraction of sp³-hybridized carbons (Fsp3) is 0.154. The Morgan fingerprint density at radius 2 is 1.47 bits per heavy atom. The largest absolute Gasteiger partial charge is 0.493 e. The van der Waals surface area contributed by atoms with Crippen molar-refractivity contribution in [2.75, 3.05) is 24.4 Å². The topological polar surface area (TPSA) is 67.9 Å². The summed E-state index contributed by atoms with van der Waals surface area (Å²) < 4.78 is 10.6. The Bertz CT molecular complexity index is 1230. The number of methoxy groups -OCH3 is 2. The van der Waals surface area contributed by atoms with Crippen LogP contribution < -0.4 is 19.7 Å². The van der Waals surface area contributed by atoms with Crippen LogP contribution in [0, 0.1) is 13.8 Å². The van der Waals surface area contributed by atoms with Crippen LogP contribution in [0.25, 0.3) is 5.57 Å². The van der Waals surface area contributed by atoms with Crippen molar-refractivity contribution in [1.29, 1.82) is 0 Å². The molecule has 0 unspecified atom stereocenters. The summed E-state index contributed by atoms with van der Waals surface area (Å²) in [5.74, 6) is 0.113. The molecule has 6 nitrogen and oxygen atoms in total. The van der Waals surface area contributed by atoms with Gasteiger partial charge in [0.1, 0.15) is 5.70 Å². The molecule has 162 valence electrons. The van der Waals surface area contributed by atoms with E-state index in [0.29, 0.717) is 28.3 Å². The zero-order valence-electron chi connectivity index (χ0n) is 18.4. The van der Waals surface area contributed by atoms with Crippen LogP contribution in [-0.4, -0.2) is 26.0 Å². The molecule has 32 heavy (non-hydrogen) atoms. The molecule has 4 rings (SSSR count). The van der Waals surface area contributed by atoms with Crippen LogP contribution in [0.15, 0.2) is 72.4 Å². The standard InChI is InChI=1S/C26H24N2O4/c1-16-10-11-19(14-17(16)2)27-24-23(18-8-6-5-7-9-18)25(29)28(26(24)30)20-12-13-21(31-3)22(15-20)32-4/h5-15,27H,1-4H3. The number of amides is 2. The monoisotopic (exact) mass is 428 g/mol. The zero-order chi connectivity index (χ0) is 22.8. The lowest BCUT2D eigenvalue weighted by atomic mass is 10.0. The van der Waals surface area contributed by atoms with Gasteiger partial charge in [-0.05, 0) is 54.8 Å². The van der Waals surface area contributed by atoms with Crippen molar-refractivity contribution in [1.82, 2.24) is 0 Å². The number of benzene rings is 3. The molecule has 0 radical (unpaired) electrons. The van der Waals surface area contributed by atoms with E-state index >= 15 is 0 Å². The maximum Gasteiger partial charge on any atom is 0.282 e. The smallest absolute Gasteiger partial charge is 0.282 e. The molecule has 0 spiro atoms. The predicted molar refractivity (Wildman–Crippen MR) is 125 cm³/mol. The SMILES string of the molecule is COc1ccc(N2C(=O)C(Nc3ccc(C)c(C)c3)=C(c3ccccc3)C2=O)cc1OC. The fourth-order valence-electron chi connectivity index (χ4n) is 3.68. The molecular formula is C26H24N2O4. The maximum atomic E-state index is 13.5. The number of aryl methyl sites for hydroxylation is 2. The highest BCUT2D eigenvalue weighted by atomic mass is 16.5. The van der Waals surface area contributed by atoms with Gasteiger partial charge in [-0.3, -0.25) is 9.59 Å². The number of ether oxygens (including phenoxy) is 2. The van der Waals surface area contributed by atoms with Crippen LogP contribution in [-0.2, 0) is 9.59 Å². The quantitative estimate of drug-likeness (QED) is 0.576. The van der Waals surface area contributed by atoms with Crippen molar-refractivity contribution in [2.45, 2.75) is 13.8 Å². The number of imide groups is 1. The number of rotatable bonds is 6. The average Bonchev–Trinajstić information content (AvgIpc) is 3.05. The number of hydrogen-bond acceptors (Lipinski definition) is 5. The summed E-state index contributed by atoms with van der Waals surface area (Å²) in [4.78, 5) is 28.2. The van der Waals surface area contributed by atoms with Crippen LogP contribution in [0.5, 0.6) is 11.5 Å². The van der Waals surface area contributed by atoms with E-state index in [9.17, 15) is 9.59 Å². The minimum atomic E-state index is -0.431. The summed E-state index contributed by atoms with van der Waals surface area (Å²) >= 11 is 0. The Balaban J connectivity index is 1.81. The van der Waals surface area contributed by atoms with Crippen molar-refractivity contribution in [3.8, 4) is 11.5 Å². The molecule has 0 aliphatic carbocycles. The molecule has 0 atom stereocenters. The van der Waals surface area contributed by atoms with Crippen molar-refractivity contribution >= 4 is 28.8 Å². The molecule has 1 aliphatic heterocycles.